The molecule has 0 aliphatic rings. The predicted molar refractivity (Wildman–Crippen MR) is 101 cm³/mol. The summed E-state index contributed by atoms with van der Waals surface area (Å²) in [6, 6.07) is 11.9. The molecule has 2 N–H and O–H groups in total. The van der Waals surface area contributed by atoms with Crippen LogP contribution < -0.4 is 24.8 Å². The van der Waals surface area contributed by atoms with Gasteiger partial charge in [-0.1, -0.05) is 0 Å². The highest BCUT2D eigenvalue weighted by Crippen LogP contribution is 2.28. The smallest absolute Gasteiger partial charge is 0.319 e. The molecule has 0 saturated heterocycles. The highest BCUT2D eigenvalue weighted by atomic mass is 16.5. The van der Waals surface area contributed by atoms with Gasteiger partial charge in [0.25, 0.3) is 0 Å². The molecule has 0 aliphatic heterocycles. The first-order valence-corrected chi connectivity index (χ1v) is 8.33. The number of nitrogens with zero attached hydrogens (tertiary/aromatic N) is 4. The summed E-state index contributed by atoms with van der Waals surface area (Å²) in [5, 5.41) is 17.0. The van der Waals surface area contributed by atoms with Crippen molar-refractivity contribution < 1.29 is 19.0 Å². The molecular weight excluding hydrogens is 364 g/mol. The van der Waals surface area contributed by atoms with Gasteiger partial charge in [-0.3, -0.25) is 0 Å². The second-order valence-corrected chi connectivity index (χ2v) is 5.58. The lowest BCUT2D eigenvalue weighted by Gasteiger charge is -2.12. The average molecular weight is 384 g/mol. The highest BCUT2D eigenvalue weighted by molar-refractivity contribution is 5.91. The number of nitrogens with one attached hydrogen (secondary N) is 2. The van der Waals surface area contributed by atoms with Crippen molar-refractivity contribution in [1.29, 1.82) is 0 Å². The number of benzene rings is 2. The van der Waals surface area contributed by atoms with Crippen LogP contribution in [0.5, 0.6) is 17.2 Å². The van der Waals surface area contributed by atoms with Crippen molar-refractivity contribution in [2.45, 2.75) is 6.54 Å². The summed E-state index contributed by atoms with van der Waals surface area (Å²) < 4.78 is 17.1. The molecule has 10 heteroatoms. The van der Waals surface area contributed by atoms with Gasteiger partial charge in [0.15, 0.2) is 5.82 Å². The van der Waals surface area contributed by atoms with Gasteiger partial charge in [-0.25, -0.2) is 4.79 Å². The molecule has 28 heavy (non-hydrogen) atoms. The van der Waals surface area contributed by atoms with Gasteiger partial charge in [0, 0.05) is 6.07 Å². The lowest BCUT2D eigenvalue weighted by molar-refractivity contribution is 0.251. The third-order valence-corrected chi connectivity index (χ3v) is 3.92. The second kappa shape index (κ2) is 8.71. The van der Waals surface area contributed by atoms with E-state index < -0.39 is 6.03 Å². The molecule has 0 unspecified atom stereocenters. The number of hydrogen-bond donors (Lipinski definition) is 2. The second-order valence-electron chi connectivity index (χ2n) is 5.58. The van der Waals surface area contributed by atoms with Crippen LogP contribution in [0, 0.1) is 0 Å². The maximum atomic E-state index is 12.3. The van der Waals surface area contributed by atoms with Crippen molar-refractivity contribution in [3.05, 3.63) is 48.3 Å². The first-order valence-electron chi connectivity index (χ1n) is 8.33. The number of hydrogen-bond acceptors (Lipinski definition) is 7. The molecule has 2 aromatic carbocycles. The van der Waals surface area contributed by atoms with Crippen LogP contribution in [-0.4, -0.2) is 47.6 Å². The molecule has 0 spiro atoms. The first kappa shape index (κ1) is 19.0. The van der Waals surface area contributed by atoms with Gasteiger partial charge >= 0.3 is 6.03 Å². The van der Waals surface area contributed by atoms with Gasteiger partial charge in [0.05, 0.1) is 39.2 Å². The van der Waals surface area contributed by atoms with Crippen molar-refractivity contribution in [2.24, 2.45) is 0 Å². The molecule has 0 aliphatic carbocycles. The van der Waals surface area contributed by atoms with Crippen LogP contribution in [0.2, 0.25) is 0 Å². The quantitative estimate of drug-likeness (QED) is 0.641. The molecule has 3 rings (SSSR count). The number of urea groups is 1. The first-order chi connectivity index (χ1) is 13.6. The standard InChI is InChI=1S/C18H20N6O4/c1-26-13-6-4-12(5-7-13)24-17(21-22-23-24)11-19-18(25)20-15-9-8-14(27-2)10-16(15)28-3/h4-10H,11H2,1-3H3,(H2,19,20,25). The molecule has 2 amide bonds. The van der Waals surface area contributed by atoms with Crippen molar-refractivity contribution in [2.75, 3.05) is 26.6 Å². The lowest BCUT2D eigenvalue weighted by atomic mass is 10.2. The van der Waals surface area contributed by atoms with E-state index in [1.807, 2.05) is 12.1 Å². The highest BCUT2D eigenvalue weighted by Gasteiger charge is 2.12. The Morgan fingerprint density at radius 2 is 1.71 bits per heavy atom. The van der Waals surface area contributed by atoms with E-state index in [2.05, 4.69) is 26.2 Å². The summed E-state index contributed by atoms with van der Waals surface area (Å²) in [5.41, 5.74) is 1.26. The number of carbonyl (C=O) groups excluding carboxylic acids is 1. The zero-order valence-electron chi connectivity index (χ0n) is 15.7. The number of ether oxygens (including phenoxy) is 3. The Balaban J connectivity index is 1.65. The number of tetrazole rings is 1. The van der Waals surface area contributed by atoms with Crippen LogP contribution in [0.1, 0.15) is 5.82 Å². The molecule has 10 nitrogen and oxygen atoms in total. The molecule has 3 aromatic rings. The van der Waals surface area contributed by atoms with E-state index in [9.17, 15) is 4.79 Å². The molecule has 146 valence electrons. The Morgan fingerprint density at radius 3 is 2.39 bits per heavy atom. The Bertz CT molecular complexity index is 942. The van der Waals surface area contributed by atoms with Crippen LogP contribution in [0.4, 0.5) is 10.5 Å². The fourth-order valence-electron chi connectivity index (χ4n) is 2.47. The zero-order chi connectivity index (χ0) is 19.9. The van der Waals surface area contributed by atoms with E-state index in [1.54, 1.807) is 44.6 Å². The van der Waals surface area contributed by atoms with Gasteiger partial charge in [0.1, 0.15) is 17.2 Å². The van der Waals surface area contributed by atoms with Crippen LogP contribution in [0.3, 0.4) is 0 Å². The Labute approximate surface area is 161 Å². The van der Waals surface area contributed by atoms with E-state index in [0.29, 0.717) is 23.0 Å². The van der Waals surface area contributed by atoms with Crippen LogP contribution in [-0.2, 0) is 6.54 Å². The van der Waals surface area contributed by atoms with Gasteiger partial charge in [0.2, 0.25) is 0 Å². The lowest BCUT2D eigenvalue weighted by Crippen LogP contribution is -2.29. The number of anilines is 1. The molecule has 0 saturated carbocycles. The van der Waals surface area contributed by atoms with E-state index in [0.717, 1.165) is 11.4 Å². The number of methoxy groups -OCH3 is 3. The fourth-order valence-corrected chi connectivity index (χ4v) is 2.47. The molecular formula is C18H20N6O4. The van der Waals surface area contributed by atoms with Crippen LogP contribution in [0.15, 0.2) is 42.5 Å². The Morgan fingerprint density at radius 1 is 1.00 bits per heavy atom. The van der Waals surface area contributed by atoms with Crippen LogP contribution >= 0.6 is 0 Å². The number of carbonyl (C=O) groups is 1. The third kappa shape index (κ3) is 4.29. The summed E-state index contributed by atoms with van der Waals surface area (Å²) in [6.45, 7) is 0.128. The molecule has 0 radical (unpaired) electrons. The molecule has 0 atom stereocenters. The van der Waals surface area contributed by atoms with E-state index in [4.69, 9.17) is 14.2 Å². The summed E-state index contributed by atoms with van der Waals surface area (Å²) in [5.74, 6) is 2.31. The maximum absolute atomic E-state index is 12.3. The summed E-state index contributed by atoms with van der Waals surface area (Å²) in [7, 11) is 4.67. The van der Waals surface area contributed by atoms with Gasteiger partial charge < -0.3 is 24.8 Å². The Kier molecular flexibility index (Phi) is 5.90. The van der Waals surface area contributed by atoms with Crippen molar-refractivity contribution >= 4 is 11.7 Å². The number of aromatic nitrogens is 4. The Hall–Kier alpha value is -3.82. The average Bonchev–Trinajstić information content (AvgIpc) is 3.21. The van der Waals surface area contributed by atoms with E-state index >= 15 is 0 Å². The summed E-state index contributed by atoms with van der Waals surface area (Å²) in [4.78, 5) is 12.3. The normalized spacial score (nSPS) is 10.2. The molecule has 0 bridgehead atoms. The largest absolute Gasteiger partial charge is 0.497 e. The minimum atomic E-state index is -0.423. The van der Waals surface area contributed by atoms with E-state index in [-0.39, 0.29) is 6.54 Å². The van der Waals surface area contributed by atoms with Crippen molar-refractivity contribution in [1.82, 2.24) is 25.5 Å². The maximum Gasteiger partial charge on any atom is 0.319 e. The number of amides is 2. The van der Waals surface area contributed by atoms with Gasteiger partial charge in [-0.15, -0.1) is 5.10 Å². The van der Waals surface area contributed by atoms with Crippen molar-refractivity contribution in [3.8, 4) is 22.9 Å². The molecule has 0 fully saturated rings. The number of rotatable bonds is 7. The topological polar surface area (TPSA) is 112 Å². The van der Waals surface area contributed by atoms with Gasteiger partial charge in [-0.05, 0) is 46.8 Å². The summed E-state index contributed by atoms with van der Waals surface area (Å²) in [6.07, 6.45) is 0. The monoisotopic (exact) mass is 384 g/mol. The SMILES string of the molecule is COc1ccc(-n2nnnc2CNC(=O)Nc2ccc(OC)cc2OC)cc1. The van der Waals surface area contributed by atoms with Gasteiger partial charge in [-0.2, -0.15) is 4.68 Å². The molecule has 1 heterocycles. The van der Waals surface area contributed by atoms with Crippen LogP contribution in [0.25, 0.3) is 5.69 Å². The minimum Gasteiger partial charge on any atom is -0.497 e. The predicted octanol–water partition coefficient (Wildman–Crippen LogP) is 2.01. The van der Waals surface area contributed by atoms with E-state index in [1.165, 1.54) is 11.8 Å². The third-order valence-electron chi connectivity index (χ3n) is 3.92. The molecule has 1 aromatic heterocycles. The van der Waals surface area contributed by atoms with Crippen molar-refractivity contribution in [3.63, 3.8) is 0 Å². The summed E-state index contributed by atoms with van der Waals surface area (Å²) >= 11 is 0. The fraction of sp³-hybridized carbons (Fsp3) is 0.222. The zero-order valence-corrected chi connectivity index (χ0v) is 15.7. The minimum absolute atomic E-state index is 0.128.